The van der Waals surface area contributed by atoms with Crippen LogP contribution in [-0.2, 0) is 6.54 Å². The molecule has 1 aromatic carbocycles. The van der Waals surface area contributed by atoms with Crippen molar-refractivity contribution in [1.29, 1.82) is 0 Å². The minimum Gasteiger partial charge on any atom is -0.371 e. The van der Waals surface area contributed by atoms with Gasteiger partial charge in [0.15, 0.2) is 0 Å². The number of nitrogens with zero attached hydrogens (tertiary/aromatic N) is 1. The standard InChI is InChI=1S/C18H30N2/c1-14(2)11-19-12-16-10-15(3)6-7-17(16)20-9-8-18(4,5)13-20/h6-7,10,14,19H,8-9,11-13H2,1-5H3. The van der Waals surface area contributed by atoms with Crippen molar-refractivity contribution >= 4 is 5.69 Å². The minimum atomic E-state index is 0.452. The minimum absolute atomic E-state index is 0.452. The number of benzene rings is 1. The molecule has 0 atom stereocenters. The molecule has 1 aliphatic heterocycles. The molecule has 2 nitrogen and oxygen atoms in total. The second-order valence-electron chi connectivity index (χ2n) is 7.49. The molecule has 1 aliphatic rings. The fourth-order valence-electron chi connectivity index (χ4n) is 2.98. The molecule has 20 heavy (non-hydrogen) atoms. The number of aryl methyl sites for hydroxylation is 1. The third-order valence-electron chi connectivity index (χ3n) is 4.12. The molecule has 0 amide bonds. The highest BCUT2D eigenvalue weighted by Crippen LogP contribution is 2.34. The van der Waals surface area contributed by atoms with Crippen molar-refractivity contribution in [3.8, 4) is 0 Å². The molecule has 0 bridgehead atoms. The maximum absolute atomic E-state index is 3.59. The molecule has 0 saturated carbocycles. The molecule has 0 radical (unpaired) electrons. The van der Waals surface area contributed by atoms with Gasteiger partial charge in [-0.25, -0.2) is 0 Å². The summed E-state index contributed by atoms with van der Waals surface area (Å²) in [6.45, 7) is 15.9. The van der Waals surface area contributed by atoms with E-state index in [2.05, 4.69) is 63.0 Å². The number of rotatable bonds is 5. The summed E-state index contributed by atoms with van der Waals surface area (Å²) in [6.07, 6.45) is 1.29. The smallest absolute Gasteiger partial charge is 0.0412 e. The Morgan fingerprint density at radius 2 is 2.05 bits per heavy atom. The zero-order valence-electron chi connectivity index (χ0n) is 13.8. The van der Waals surface area contributed by atoms with Gasteiger partial charge in [0.25, 0.3) is 0 Å². The van der Waals surface area contributed by atoms with Crippen LogP contribution in [0.4, 0.5) is 5.69 Å². The zero-order chi connectivity index (χ0) is 14.8. The van der Waals surface area contributed by atoms with Crippen LogP contribution in [0.3, 0.4) is 0 Å². The van der Waals surface area contributed by atoms with Crippen molar-refractivity contribution in [2.24, 2.45) is 11.3 Å². The molecule has 1 heterocycles. The Labute approximate surface area is 124 Å². The van der Waals surface area contributed by atoms with Crippen LogP contribution in [0.5, 0.6) is 0 Å². The van der Waals surface area contributed by atoms with Gasteiger partial charge >= 0.3 is 0 Å². The summed E-state index contributed by atoms with van der Waals surface area (Å²) in [5.41, 5.74) is 4.68. The number of hydrogen-bond acceptors (Lipinski definition) is 2. The second-order valence-corrected chi connectivity index (χ2v) is 7.49. The summed E-state index contributed by atoms with van der Waals surface area (Å²) in [5.74, 6) is 0.703. The fraction of sp³-hybridized carbons (Fsp3) is 0.667. The molecule has 0 spiro atoms. The van der Waals surface area contributed by atoms with Crippen molar-refractivity contribution < 1.29 is 0 Å². The van der Waals surface area contributed by atoms with Gasteiger partial charge < -0.3 is 10.2 Å². The molecule has 1 N–H and O–H groups in total. The van der Waals surface area contributed by atoms with E-state index in [1.807, 2.05) is 0 Å². The van der Waals surface area contributed by atoms with Gasteiger partial charge in [-0.15, -0.1) is 0 Å². The van der Waals surface area contributed by atoms with Gasteiger partial charge in [0.1, 0.15) is 0 Å². The Balaban J connectivity index is 2.12. The lowest BCUT2D eigenvalue weighted by Gasteiger charge is -2.25. The largest absolute Gasteiger partial charge is 0.371 e. The number of anilines is 1. The summed E-state index contributed by atoms with van der Waals surface area (Å²) >= 11 is 0. The zero-order valence-corrected chi connectivity index (χ0v) is 13.8. The van der Waals surface area contributed by atoms with E-state index in [4.69, 9.17) is 0 Å². The Bertz CT molecular complexity index is 449. The first-order chi connectivity index (χ1) is 9.37. The van der Waals surface area contributed by atoms with Crippen LogP contribution >= 0.6 is 0 Å². The summed E-state index contributed by atoms with van der Waals surface area (Å²) in [6, 6.07) is 6.89. The third-order valence-corrected chi connectivity index (χ3v) is 4.12. The highest BCUT2D eigenvalue weighted by molar-refractivity contribution is 5.56. The third kappa shape index (κ3) is 3.99. The predicted octanol–water partition coefficient (Wildman–Crippen LogP) is 3.98. The average Bonchev–Trinajstić information content (AvgIpc) is 2.69. The van der Waals surface area contributed by atoms with Crippen LogP contribution in [-0.4, -0.2) is 19.6 Å². The first-order valence-electron chi connectivity index (χ1n) is 7.92. The van der Waals surface area contributed by atoms with Crippen LogP contribution in [0.2, 0.25) is 0 Å². The van der Waals surface area contributed by atoms with Crippen LogP contribution in [0.1, 0.15) is 45.2 Å². The van der Waals surface area contributed by atoms with Crippen molar-refractivity contribution in [2.45, 2.75) is 47.6 Å². The van der Waals surface area contributed by atoms with E-state index in [1.54, 1.807) is 0 Å². The molecule has 1 aromatic rings. The summed E-state index contributed by atoms with van der Waals surface area (Å²) in [4.78, 5) is 2.56. The maximum atomic E-state index is 3.59. The van der Waals surface area contributed by atoms with Crippen molar-refractivity contribution in [2.75, 3.05) is 24.5 Å². The molecule has 2 heteroatoms. The number of nitrogens with one attached hydrogen (secondary N) is 1. The lowest BCUT2D eigenvalue weighted by Crippen LogP contribution is -2.26. The first-order valence-corrected chi connectivity index (χ1v) is 7.92. The van der Waals surface area contributed by atoms with E-state index >= 15 is 0 Å². The van der Waals surface area contributed by atoms with E-state index in [0.717, 1.165) is 13.1 Å². The van der Waals surface area contributed by atoms with Gasteiger partial charge in [-0.3, -0.25) is 0 Å². The molecular weight excluding hydrogens is 244 g/mol. The van der Waals surface area contributed by atoms with Gasteiger partial charge in [-0.05, 0) is 42.9 Å². The Morgan fingerprint density at radius 3 is 2.65 bits per heavy atom. The van der Waals surface area contributed by atoms with Gasteiger partial charge in [-0.1, -0.05) is 45.4 Å². The molecule has 0 aromatic heterocycles. The SMILES string of the molecule is Cc1ccc(N2CCC(C)(C)C2)c(CNCC(C)C)c1. The lowest BCUT2D eigenvalue weighted by molar-refractivity contribution is 0.418. The quantitative estimate of drug-likeness (QED) is 0.874. The van der Waals surface area contributed by atoms with Crippen LogP contribution in [0.15, 0.2) is 18.2 Å². The fourth-order valence-corrected chi connectivity index (χ4v) is 2.98. The number of hydrogen-bond donors (Lipinski definition) is 1. The lowest BCUT2D eigenvalue weighted by atomic mass is 9.93. The van der Waals surface area contributed by atoms with Gasteiger partial charge in [0.2, 0.25) is 0 Å². The van der Waals surface area contributed by atoms with Crippen molar-refractivity contribution in [3.63, 3.8) is 0 Å². The molecular formula is C18H30N2. The topological polar surface area (TPSA) is 15.3 Å². The highest BCUT2D eigenvalue weighted by atomic mass is 15.2. The Hall–Kier alpha value is -1.02. The average molecular weight is 274 g/mol. The van der Waals surface area contributed by atoms with Crippen LogP contribution < -0.4 is 10.2 Å². The molecule has 0 unspecified atom stereocenters. The maximum Gasteiger partial charge on any atom is 0.0412 e. The van der Waals surface area contributed by atoms with Crippen LogP contribution in [0.25, 0.3) is 0 Å². The molecule has 0 aliphatic carbocycles. The Kier molecular flexibility index (Phi) is 4.74. The van der Waals surface area contributed by atoms with Crippen molar-refractivity contribution in [3.05, 3.63) is 29.3 Å². The molecule has 112 valence electrons. The summed E-state index contributed by atoms with van der Waals surface area (Å²) in [5, 5.41) is 3.59. The summed E-state index contributed by atoms with van der Waals surface area (Å²) < 4.78 is 0. The van der Waals surface area contributed by atoms with Gasteiger partial charge in [0.05, 0.1) is 0 Å². The van der Waals surface area contributed by atoms with E-state index in [0.29, 0.717) is 11.3 Å². The molecule has 1 fully saturated rings. The molecule has 2 rings (SSSR count). The van der Waals surface area contributed by atoms with E-state index in [1.165, 1.54) is 36.3 Å². The van der Waals surface area contributed by atoms with E-state index in [-0.39, 0.29) is 0 Å². The summed E-state index contributed by atoms with van der Waals surface area (Å²) in [7, 11) is 0. The Morgan fingerprint density at radius 1 is 1.30 bits per heavy atom. The monoisotopic (exact) mass is 274 g/mol. The molecule has 1 saturated heterocycles. The second kappa shape index (κ2) is 6.17. The highest BCUT2D eigenvalue weighted by Gasteiger charge is 2.30. The normalized spacial score (nSPS) is 18.0. The van der Waals surface area contributed by atoms with Crippen LogP contribution in [0, 0.1) is 18.3 Å². The van der Waals surface area contributed by atoms with Gasteiger partial charge in [0, 0.05) is 25.3 Å². The van der Waals surface area contributed by atoms with Gasteiger partial charge in [-0.2, -0.15) is 0 Å². The van der Waals surface area contributed by atoms with Crippen molar-refractivity contribution in [1.82, 2.24) is 5.32 Å². The predicted molar refractivity (Wildman–Crippen MR) is 88.3 cm³/mol. The first kappa shape index (κ1) is 15.4. The van der Waals surface area contributed by atoms with E-state index in [9.17, 15) is 0 Å². The van der Waals surface area contributed by atoms with E-state index < -0.39 is 0 Å².